The molecule has 2 aliphatic heterocycles. The van der Waals surface area contributed by atoms with Gasteiger partial charge < -0.3 is 9.84 Å². The van der Waals surface area contributed by atoms with E-state index in [9.17, 15) is 5.11 Å². The van der Waals surface area contributed by atoms with Crippen molar-refractivity contribution < 1.29 is 9.84 Å². The summed E-state index contributed by atoms with van der Waals surface area (Å²) in [4.78, 5) is 7.24. The van der Waals surface area contributed by atoms with Crippen LogP contribution in [0.5, 0.6) is 0 Å². The normalized spacial score (nSPS) is 26.9. The average molecular weight is 290 g/mol. The maximum atomic E-state index is 9.72. The zero-order valence-electron chi connectivity index (χ0n) is 13.1. The van der Waals surface area contributed by atoms with E-state index in [4.69, 9.17) is 9.72 Å². The zero-order chi connectivity index (χ0) is 14.8. The minimum absolute atomic E-state index is 0.170. The lowest BCUT2D eigenvalue weighted by Gasteiger charge is -2.20. The van der Waals surface area contributed by atoms with Gasteiger partial charge in [-0.1, -0.05) is 19.9 Å². The van der Waals surface area contributed by atoms with Gasteiger partial charge >= 0.3 is 0 Å². The van der Waals surface area contributed by atoms with Crippen molar-refractivity contribution in [2.45, 2.75) is 51.2 Å². The third-order valence-corrected chi connectivity index (χ3v) is 4.61. The average Bonchev–Trinajstić information content (AvgIpc) is 3.10. The molecule has 0 amide bonds. The summed E-state index contributed by atoms with van der Waals surface area (Å²) in [6.45, 7) is 8.64. The van der Waals surface area contributed by atoms with Gasteiger partial charge in [0.2, 0.25) is 0 Å². The molecule has 21 heavy (non-hydrogen) atoms. The van der Waals surface area contributed by atoms with E-state index in [1.807, 2.05) is 0 Å². The quantitative estimate of drug-likeness (QED) is 0.924. The highest BCUT2D eigenvalue weighted by molar-refractivity contribution is 5.29. The molecule has 4 heteroatoms. The topological polar surface area (TPSA) is 45.6 Å². The molecule has 2 atom stereocenters. The maximum absolute atomic E-state index is 9.72. The lowest BCUT2D eigenvalue weighted by atomic mass is 9.95. The molecule has 116 valence electrons. The van der Waals surface area contributed by atoms with E-state index in [-0.39, 0.29) is 6.10 Å². The summed E-state index contributed by atoms with van der Waals surface area (Å²) >= 11 is 0. The Labute approximate surface area is 127 Å². The first-order valence-electron chi connectivity index (χ1n) is 8.11. The molecule has 2 fully saturated rings. The van der Waals surface area contributed by atoms with E-state index in [2.05, 4.69) is 30.9 Å². The van der Waals surface area contributed by atoms with Crippen molar-refractivity contribution in [1.29, 1.82) is 0 Å². The molecule has 0 radical (unpaired) electrons. The summed E-state index contributed by atoms with van der Waals surface area (Å²) in [6.07, 6.45) is 1.81. The highest BCUT2D eigenvalue weighted by Crippen LogP contribution is 2.29. The molecule has 3 heterocycles. The van der Waals surface area contributed by atoms with Gasteiger partial charge in [0, 0.05) is 37.9 Å². The molecular formula is C17H26N2O2. The summed E-state index contributed by atoms with van der Waals surface area (Å²) in [5, 5.41) is 9.72. The van der Waals surface area contributed by atoms with Crippen LogP contribution in [-0.4, -0.2) is 47.4 Å². The number of likely N-dealkylation sites (tertiary alicyclic amines) is 1. The first kappa shape index (κ1) is 14.9. The summed E-state index contributed by atoms with van der Waals surface area (Å²) in [5.41, 5.74) is 3.69. The standard InChI is InChI=1S/C17H26N2O2/c1-12(2)16-4-3-15(13-6-8-21-11-13)17(18-16)10-19-7-5-14(20)9-19/h3-4,12-14,20H,5-11H2,1-2H3/t13-,14-/m1/s1. The third-order valence-electron chi connectivity index (χ3n) is 4.61. The van der Waals surface area contributed by atoms with Gasteiger partial charge in [0.05, 0.1) is 18.4 Å². The molecule has 0 saturated carbocycles. The first-order valence-corrected chi connectivity index (χ1v) is 8.11. The van der Waals surface area contributed by atoms with Crippen LogP contribution in [0.3, 0.4) is 0 Å². The minimum atomic E-state index is -0.170. The highest BCUT2D eigenvalue weighted by Gasteiger charge is 2.25. The molecule has 0 unspecified atom stereocenters. The van der Waals surface area contributed by atoms with Gasteiger partial charge in [-0.25, -0.2) is 0 Å². The van der Waals surface area contributed by atoms with Crippen LogP contribution in [0.1, 0.15) is 55.5 Å². The fourth-order valence-electron chi connectivity index (χ4n) is 3.30. The van der Waals surface area contributed by atoms with Crippen LogP contribution >= 0.6 is 0 Å². The van der Waals surface area contributed by atoms with E-state index >= 15 is 0 Å². The highest BCUT2D eigenvalue weighted by atomic mass is 16.5. The Morgan fingerprint density at radius 2 is 2.24 bits per heavy atom. The molecule has 0 aromatic carbocycles. The predicted octanol–water partition coefficient (Wildman–Crippen LogP) is 2.28. The van der Waals surface area contributed by atoms with E-state index in [0.717, 1.165) is 51.4 Å². The van der Waals surface area contributed by atoms with Crippen LogP contribution in [0, 0.1) is 0 Å². The van der Waals surface area contributed by atoms with Gasteiger partial charge in [0.25, 0.3) is 0 Å². The third kappa shape index (κ3) is 3.44. The van der Waals surface area contributed by atoms with Crippen molar-refractivity contribution in [3.63, 3.8) is 0 Å². The van der Waals surface area contributed by atoms with Crippen LogP contribution in [-0.2, 0) is 11.3 Å². The van der Waals surface area contributed by atoms with Gasteiger partial charge in [-0.15, -0.1) is 0 Å². The summed E-state index contributed by atoms with van der Waals surface area (Å²) in [6, 6.07) is 4.42. The largest absolute Gasteiger partial charge is 0.392 e. The van der Waals surface area contributed by atoms with Gasteiger partial charge in [0.15, 0.2) is 0 Å². The molecular weight excluding hydrogens is 264 g/mol. The SMILES string of the molecule is CC(C)c1ccc([C@@H]2CCOC2)c(CN2CC[C@@H](O)C2)n1. The van der Waals surface area contributed by atoms with Crippen molar-refractivity contribution in [3.8, 4) is 0 Å². The fraction of sp³-hybridized carbons (Fsp3) is 0.706. The number of aromatic nitrogens is 1. The molecule has 1 aromatic rings. The van der Waals surface area contributed by atoms with Crippen LogP contribution in [0.2, 0.25) is 0 Å². The van der Waals surface area contributed by atoms with Crippen LogP contribution in [0.25, 0.3) is 0 Å². The second kappa shape index (κ2) is 6.42. The number of aliphatic hydroxyl groups is 1. The Balaban J connectivity index is 1.84. The molecule has 2 aliphatic rings. The van der Waals surface area contributed by atoms with Gasteiger partial charge in [0.1, 0.15) is 0 Å². The molecule has 1 aromatic heterocycles. The number of hydrogen-bond donors (Lipinski definition) is 1. The number of rotatable bonds is 4. The molecule has 3 rings (SSSR count). The van der Waals surface area contributed by atoms with Gasteiger partial charge in [-0.05, 0) is 30.4 Å². The summed E-state index contributed by atoms with van der Waals surface area (Å²) in [5.74, 6) is 0.933. The van der Waals surface area contributed by atoms with Crippen molar-refractivity contribution in [1.82, 2.24) is 9.88 Å². The Bertz CT molecular complexity index is 484. The number of hydrogen-bond acceptors (Lipinski definition) is 4. The van der Waals surface area contributed by atoms with Crippen LogP contribution in [0.15, 0.2) is 12.1 Å². The zero-order valence-corrected chi connectivity index (χ0v) is 13.1. The van der Waals surface area contributed by atoms with Gasteiger partial charge in [-0.3, -0.25) is 9.88 Å². The smallest absolute Gasteiger partial charge is 0.0679 e. The predicted molar refractivity (Wildman–Crippen MR) is 82.4 cm³/mol. The molecule has 0 bridgehead atoms. The van der Waals surface area contributed by atoms with Crippen LogP contribution < -0.4 is 0 Å². The van der Waals surface area contributed by atoms with E-state index in [1.54, 1.807) is 0 Å². The number of β-amino-alcohol motifs (C(OH)–C–C–N with tert-alkyl or cyclic N) is 1. The monoisotopic (exact) mass is 290 g/mol. The minimum Gasteiger partial charge on any atom is -0.392 e. The second-order valence-electron chi connectivity index (χ2n) is 6.66. The lowest BCUT2D eigenvalue weighted by Crippen LogP contribution is -2.23. The van der Waals surface area contributed by atoms with E-state index in [0.29, 0.717) is 11.8 Å². The van der Waals surface area contributed by atoms with Crippen LogP contribution in [0.4, 0.5) is 0 Å². The van der Waals surface area contributed by atoms with Crippen molar-refractivity contribution in [2.24, 2.45) is 0 Å². The maximum Gasteiger partial charge on any atom is 0.0679 e. The lowest BCUT2D eigenvalue weighted by molar-refractivity contribution is 0.174. The van der Waals surface area contributed by atoms with E-state index < -0.39 is 0 Å². The Morgan fingerprint density at radius 3 is 2.86 bits per heavy atom. The van der Waals surface area contributed by atoms with Crippen molar-refractivity contribution in [3.05, 3.63) is 29.1 Å². The molecule has 2 saturated heterocycles. The number of nitrogens with zero attached hydrogens (tertiary/aromatic N) is 2. The Hall–Kier alpha value is -0.970. The molecule has 4 nitrogen and oxygen atoms in total. The summed E-state index contributed by atoms with van der Waals surface area (Å²) < 4.78 is 5.55. The number of ether oxygens (including phenoxy) is 1. The number of pyridine rings is 1. The summed E-state index contributed by atoms with van der Waals surface area (Å²) in [7, 11) is 0. The second-order valence-corrected chi connectivity index (χ2v) is 6.66. The molecule has 0 aliphatic carbocycles. The van der Waals surface area contributed by atoms with E-state index in [1.165, 1.54) is 11.3 Å². The molecule has 0 spiro atoms. The Morgan fingerprint density at radius 1 is 1.38 bits per heavy atom. The number of aliphatic hydroxyl groups excluding tert-OH is 1. The van der Waals surface area contributed by atoms with Crippen molar-refractivity contribution >= 4 is 0 Å². The first-order chi connectivity index (χ1) is 10.1. The fourth-order valence-corrected chi connectivity index (χ4v) is 3.30. The molecule has 1 N–H and O–H groups in total. The van der Waals surface area contributed by atoms with Gasteiger partial charge in [-0.2, -0.15) is 0 Å². The Kier molecular flexibility index (Phi) is 4.57. The van der Waals surface area contributed by atoms with Crippen molar-refractivity contribution in [2.75, 3.05) is 26.3 Å².